The van der Waals surface area contributed by atoms with Crippen molar-refractivity contribution in [3.8, 4) is 0 Å². The van der Waals surface area contributed by atoms with Gasteiger partial charge in [0.15, 0.2) is 0 Å². The first-order valence-electron chi connectivity index (χ1n) is 5.88. The highest BCUT2D eigenvalue weighted by atomic mass is 19.1. The second kappa shape index (κ2) is 4.70. The number of aryl methyl sites for hydroxylation is 1. The van der Waals surface area contributed by atoms with Crippen LogP contribution in [0.5, 0.6) is 0 Å². The summed E-state index contributed by atoms with van der Waals surface area (Å²) in [6.07, 6.45) is 1.43. The first kappa shape index (κ1) is 12.5. The van der Waals surface area contributed by atoms with Gasteiger partial charge in [0.05, 0.1) is 5.60 Å². The SMILES string of the molecule is Cc1ccc(F)c(CC2(O)CCCNC2)c1F. The normalized spacial score (nSPS) is 24.9. The number of halogens is 2. The molecule has 17 heavy (non-hydrogen) atoms. The molecule has 2 N–H and O–H groups in total. The Hall–Kier alpha value is -1.00. The molecule has 4 heteroatoms. The van der Waals surface area contributed by atoms with E-state index in [-0.39, 0.29) is 12.0 Å². The van der Waals surface area contributed by atoms with Crippen molar-refractivity contribution in [2.45, 2.75) is 31.8 Å². The number of hydrogen-bond donors (Lipinski definition) is 2. The molecular weight excluding hydrogens is 224 g/mol. The van der Waals surface area contributed by atoms with E-state index in [2.05, 4.69) is 5.32 Å². The van der Waals surface area contributed by atoms with Crippen LogP contribution in [0.1, 0.15) is 24.0 Å². The topological polar surface area (TPSA) is 32.3 Å². The molecule has 1 aliphatic rings. The Kier molecular flexibility index (Phi) is 3.45. The number of β-amino-alcohol motifs (C(OH)–C–C–N with tert-alkyl or cyclic N) is 1. The summed E-state index contributed by atoms with van der Waals surface area (Å²) in [5, 5.41) is 13.3. The van der Waals surface area contributed by atoms with Crippen LogP contribution < -0.4 is 5.32 Å². The standard InChI is InChI=1S/C13H17F2NO/c1-9-3-4-11(14)10(12(9)15)7-13(17)5-2-6-16-8-13/h3-4,16-17H,2,5-8H2,1H3. The third-order valence-electron chi connectivity index (χ3n) is 3.33. The molecule has 1 saturated heterocycles. The molecule has 1 aliphatic heterocycles. The predicted molar refractivity (Wildman–Crippen MR) is 61.9 cm³/mol. The molecule has 0 radical (unpaired) electrons. The fourth-order valence-electron chi connectivity index (χ4n) is 2.31. The molecule has 2 rings (SSSR count). The van der Waals surface area contributed by atoms with Gasteiger partial charge in [0.1, 0.15) is 11.6 Å². The molecular formula is C13H17F2NO. The van der Waals surface area contributed by atoms with E-state index in [9.17, 15) is 13.9 Å². The lowest BCUT2D eigenvalue weighted by Gasteiger charge is -2.33. The summed E-state index contributed by atoms with van der Waals surface area (Å²) in [5.74, 6) is -1.11. The molecule has 0 spiro atoms. The largest absolute Gasteiger partial charge is 0.388 e. The molecule has 0 aromatic heterocycles. The average molecular weight is 241 g/mol. The Morgan fingerprint density at radius 3 is 2.82 bits per heavy atom. The van der Waals surface area contributed by atoms with Crippen LogP contribution in [0.15, 0.2) is 12.1 Å². The molecule has 1 atom stereocenters. The summed E-state index contributed by atoms with van der Waals surface area (Å²) < 4.78 is 27.4. The smallest absolute Gasteiger partial charge is 0.132 e. The zero-order valence-electron chi connectivity index (χ0n) is 9.89. The summed E-state index contributed by atoms with van der Waals surface area (Å²) in [6, 6.07) is 2.67. The molecule has 0 amide bonds. The van der Waals surface area contributed by atoms with Gasteiger partial charge in [-0.15, -0.1) is 0 Å². The maximum atomic E-state index is 13.8. The molecule has 2 nitrogen and oxygen atoms in total. The van der Waals surface area contributed by atoms with E-state index in [4.69, 9.17) is 0 Å². The molecule has 1 unspecified atom stereocenters. The van der Waals surface area contributed by atoms with Gasteiger partial charge in [-0.1, -0.05) is 6.07 Å². The molecule has 0 aliphatic carbocycles. The molecule has 1 aromatic rings. The summed E-state index contributed by atoms with van der Waals surface area (Å²) in [4.78, 5) is 0. The second-order valence-corrected chi connectivity index (χ2v) is 4.84. The summed E-state index contributed by atoms with van der Waals surface area (Å²) in [5.41, 5.74) is -0.627. The number of benzene rings is 1. The van der Waals surface area contributed by atoms with Gasteiger partial charge >= 0.3 is 0 Å². The van der Waals surface area contributed by atoms with E-state index in [0.717, 1.165) is 13.0 Å². The molecule has 1 aromatic carbocycles. The van der Waals surface area contributed by atoms with Gasteiger partial charge in [-0.25, -0.2) is 8.78 Å². The molecule has 1 heterocycles. The highest BCUT2D eigenvalue weighted by molar-refractivity contribution is 5.28. The van der Waals surface area contributed by atoms with Crippen molar-refractivity contribution in [1.82, 2.24) is 5.32 Å². The minimum absolute atomic E-state index is 0.00352. The van der Waals surface area contributed by atoms with Crippen LogP contribution in [0.3, 0.4) is 0 Å². The van der Waals surface area contributed by atoms with E-state index in [1.807, 2.05) is 0 Å². The molecule has 1 fully saturated rings. The van der Waals surface area contributed by atoms with Crippen LogP contribution in [0.2, 0.25) is 0 Å². The summed E-state index contributed by atoms with van der Waals surface area (Å²) in [6.45, 7) is 2.84. The van der Waals surface area contributed by atoms with E-state index in [1.54, 1.807) is 6.92 Å². The van der Waals surface area contributed by atoms with Gasteiger partial charge in [-0.2, -0.15) is 0 Å². The third-order valence-corrected chi connectivity index (χ3v) is 3.33. The predicted octanol–water partition coefficient (Wildman–Crippen LogP) is 1.93. The average Bonchev–Trinajstić information content (AvgIpc) is 2.31. The zero-order valence-corrected chi connectivity index (χ0v) is 9.89. The maximum Gasteiger partial charge on any atom is 0.132 e. The van der Waals surface area contributed by atoms with E-state index >= 15 is 0 Å². The zero-order chi connectivity index (χ0) is 12.5. The Labute approximate surface area is 99.7 Å². The van der Waals surface area contributed by atoms with Crippen molar-refractivity contribution in [2.75, 3.05) is 13.1 Å². The summed E-state index contributed by atoms with van der Waals surface area (Å²) in [7, 11) is 0. The quantitative estimate of drug-likeness (QED) is 0.829. The van der Waals surface area contributed by atoms with Gasteiger partial charge in [-0.05, 0) is 37.9 Å². The number of piperidine rings is 1. The number of rotatable bonds is 2. The third kappa shape index (κ3) is 2.64. The van der Waals surface area contributed by atoms with E-state index < -0.39 is 17.2 Å². The van der Waals surface area contributed by atoms with Gasteiger partial charge in [-0.3, -0.25) is 0 Å². The highest BCUT2D eigenvalue weighted by Gasteiger charge is 2.31. The summed E-state index contributed by atoms with van der Waals surface area (Å²) >= 11 is 0. The van der Waals surface area contributed by atoms with Crippen LogP contribution in [-0.2, 0) is 6.42 Å². The number of hydrogen-bond acceptors (Lipinski definition) is 2. The first-order chi connectivity index (χ1) is 8.02. The van der Waals surface area contributed by atoms with Gasteiger partial charge in [0, 0.05) is 18.5 Å². The van der Waals surface area contributed by atoms with Crippen molar-refractivity contribution < 1.29 is 13.9 Å². The minimum Gasteiger partial charge on any atom is -0.388 e. The minimum atomic E-state index is -1.03. The van der Waals surface area contributed by atoms with Gasteiger partial charge in [0.2, 0.25) is 0 Å². The number of aliphatic hydroxyl groups is 1. The van der Waals surface area contributed by atoms with E-state index in [1.165, 1.54) is 12.1 Å². The van der Waals surface area contributed by atoms with Crippen molar-refractivity contribution in [3.05, 3.63) is 34.9 Å². The Morgan fingerprint density at radius 2 is 2.18 bits per heavy atom. The Balaban J connectivity index is 2.26. The lowest BCUT2D eigenvalue weighted by molar-refractivity contribution is 0.0154. The van der Waals surface area contributed by atoms with Crippen molar-refractivity contribution in [3.63, 3.8) is 0 Å². The van der Waals surface area contributed by atoms with Crippen molar-refractivity contribution in [1.29, 1.82) is 0 Å². The number of nitrogens with one attached hydrogen (secondary N) is 1. The monoisotopic (exact) mass is 241 g/mol. The first-order valence-corrected chi connectivity index (χ1v) is 5.88. The fourth-order valence-corrected chi connectivity index (χ4v) is 2.31. The Morgan fingerprint density at radius 1 is 1.41 bits per heavy atom. The lowest BCUT2D eigenvalue weighted by atomic mass is 9.87. The highest BCUT2D eigenvalue weighted by Crippen LogP contribution is 2.25. The molecule has 94 valence electrons. The van der Waals surface area contributed by atoms with Crippen LogP contribution in [0.25, 0.3) is 0 Å². The van der Waals surface area contributed by atoms with Crippen molar-refractivity contribution >= 4 is 0 Å². The lowest BCUT2D eigenvalue weighted by Crippen LogP contribution is -2.47. The van der Waals surface area contributed by atoms with Crippen LogP contribution in [-0.4, -0.2) is 23.8 Å². The van der Waals surface area contributed by atoms with Crippen molar-refractivity contribution in [2.24, 2.45) is 0 Å². The molecule has 0 bridgehead atoms. The molecule has 0 saturated carbocycles. The maximum absolute atomic E-state index is 13.8. The van der Waals surface area contributed by atoms with Gasteiger partial charge < -0.3 is 10.4 Å². The van der Waals surface area contributed by atoms with Crippen LogP contribution in [0.4, 0.5) is 8.78 Å². The Bertz CT molecular complexity index is 414. The van der Waals surface area contributed by atoms with Gasteiger partial charge in [0.25, 0.3) is 0 Å². The second-order valence-electron chi connectivity index (χ2n) is 4.84. The van der Waals surface area contributed by atoms with E-state index in [0.29, 0.717) is 18.5 Å². The van der Waals surface area contributed by atoms with Crippen LogP contribution in [0, 0.1) is 18.6 Å². The van der Waals surface area contributed by atoms with Crippen LogP contribution >= 0.6 is 0 Å². The fraction of sp³-hybridized carbons (Fsp3) is 0.538.